The molecular formula is C16H13ClN6O+. The van der Waals surface area contributed by atoms with E-state index in [9.17, 15) is 4.79 Å². The summed E-state index contributed by atoms with van der Waals surface area (Å²) in [6.45, 7) is 0. The minimum Gasteiger partial charge on any atom is -0.268 e. The summed E-state index contributed by atoms with van der Waals surface area (Å²) in [7, 11) is 1.72. The van der Waals surface area contributed by atoms with Gasteiger partial charge in [0.25, 0.3) is 12.2 Å². The number of hydrogen-bond donors (Lipinski definition) is 0. The molecule has 3 aliphatic rings. The lowest BCUT2D eigenvalue weighted by Crippen LogP contribution is -2.41. The minimum absolute atomic E-state index is 0.121. The van der Waals surface area contributed by atoms with Crippen LogP contribution in [0.3, 0.4) is 0 Å². The third-order valence-corrected chi connectivity index (χ3v) is 4.75. The first-order chi connectivity index (χ1) is 11.6. The molecule has 1 saturated carbocycles. The fourth-order valence-electron chi connectivity index (χ4n) is 3.09. The lowest BCUT2D eigenvalue weighted by molar-refractivity contribution is 0.0815. The molecule has 1 aromatic carbocycles. The summed E-state index contributed by atoms with van der Waals surface area (Å²) in [5, 5.41) is 8.95. The van der Waals surface area contributed by atoms with E-state index in [-0.39, 0.29) is 5.91 Å². The molecule has 0 saturated heterocycles. The van der Waals surface area contributed by atoms with E-state index < -0.39 is 0 Å². The Morgan fingerprint density at radius 3 is 2.96 bits per heavy atom. The molecule has 24 heavy (non-hydrogen) atoms. The number of rotatable bonds is 2. The largest absolute Gasteiger partial charge is 0.318 e. The van der Waals surface area contributed by atoms with E-state index in [4.69, 9.17) is 11.6 Å². The highest BCUT2D eigenvalue weighted by molar-refractivity contribution is 6.31. The molecule has 0 spiro atoms. The molecule has 1 aliphatic carbocycles. The van der Waals surface area contributed by atoms with Crippen molar-refractivity contribution in [2.24, 2.45) is 4.99 Å². The number of anilines is 1. The van der Waals surface area contributed by atoms with Crippen molar-refractivity contribution in [2.75, 3.05) is 7.05 Å². The van der Waals surface area contributed by atoms with Crippen molar-refractivity contribution in [1.29, 1.82) is 0 Å². The summed E-state index contributed by atoms with van der Waals surface area (Å²) in [4.78, 5) is 20.6. The number of aromatic nitrogens is 3. The van der Waals surface area contributed by atoms with Crippen LogP contribution in [0.2, 0.25) is 5.02 Å². The monoisotopic (exact) mass is 340 g/mol. The van der Waals surface area contributed by atoms with Gasteiger partial charge in [-0.2, -0.15) is 9.67 Å². The molecule has 8 heteroatoms. The molecule has 2 aliphatic heterocycles. The van der Waals surface area contributed by atoms with Crippen LogP contribution in [0.4, 0.5) is 5.69 Å². The van der Waals surface area contributed by atoms with Gasteiger partial charge in [0.2, 0.25) is 11.5 Å². The predicted molar refractivity (Wildman–Crippen MR) is 89.0 cm³/mol. The number of carbonyl (C=O) groups excluding carboxylic acids is 1. The Morgan fingerprint density at radius 2 is 2.17 bits per heavy atom. The van der Waals surface area contributed by atoms with Gasteiger partial charge in [0.1, 0.15) is 5.56 Å². The average Bonchev–Trinajstić information content (AvgIpc) is 3.15. The van der Waals surface area contributed by atoms with Crippen LogP contribution < -0.4 is 4.90 Å². The van der Waals surface area contributed by atoms with Gasteiger partial charge in [0.15, 0.2) is 0 Å². The van der Waals surface area contributed by atoms with Crippen LogP contribution in [0.1, 0.15) is 34.8 Å². The van der Waals surface area contributed by atoms with Crippen LogP contribution in [0, 0.1) is 0 Å². The molecule has 5 rings (SSSR count). The van der Waals surface area contributed by atoms with Crippen molar-refractivity contribution in [3.63, 3.8) is 0 Å². The zero-order valence-electron chi connectivity index (χ0n) is 12.8. The molecule has 0 unspecified atom stereocenters. The smallest absolute Gasteiger partial charge is 0.268 e. The maximum atomic E-state index is 12.7. The summed E-state index contributed by atoms with van der Waals surface area (Å²) in [6.07, 6.45) is 5.91. The molecule has 2 aromatic rings. The van der Waals surface area contributed by atoms with Crippen molar-refractivity contribution in [3.8, 4) is 0 Å². The van der Waals surface area contributed by atoms with Gasteiger partial charge in [-0.05, 0) is 29.9 Å². The fourth-order valence-corrected chi connectivity index (χ4v) is 3.27. The van der Waals surface area contributed by atoms with E-state index in [1.165, 1.54) is 0 Å². The molecule has 1 amide bonds. The highest BCUT2D eigenvalue weighted by Crippen LogP contribution is 2.40. The van der Waals surface area contributed by atoms with Crippen LogP contribution >= 0.6 is 11.6 Å². The highest BCUT2D eigenvalue weighted by Gasteiger charge is 2.47. The fraction of sp³-hybridized carbons (Fsp3) is 0.250. The Kier molecular flexibility index (Phi) is 2.75. The second-order valence-corrected chi connectivity index (χ2v) is 6.59. The molecule has 0 bridgehead atoms. The quantitative estimate of drug-likeness (QED) is 0.789. The van der Waals surface area contributed by atoms with Gasteiger partial charge < -0.3 is 0 Å². The van der Waals surface area contributed by atoms with Gasteiger partial charge in [-0.3, -0.25) is 9.69 Å². The first kappa shape index (κ1) is 13.9. The molecule has 1 radical (unpaired) electrons. The van der Waals surface area contributed by atoms with Crippen molar-refractivity contribution < 1.29 is 4.79 Å². The van der Waals surface area contributed by atoms with Crippen molar-refractivity contribution in [2.45, 2.75) is 18.8 Å². The topological polar surface area (TPSA) is 69.3 Å². The Labute approximate surface area is 142 Å². The van der Waals surface area contributed by atoms with Gasteiger partial charge in [-0.15, -0.1) is 5.10 Å². The number of carbonyl (C=O) groups is 1. The molecule has 7 nitrogen and oxygen atoms in total. The van der Waals surface area contributed by atoms with E-state index in [0.717, 1.165) is 24.2 Å². The van der Waals surface area contributed by atoms with Crippen LogP contribution in [0.25, 0.3) is 5.82 Å². The Morgan fingerprint density at radius 1 is 1.33 bits per heavy atom. The third kappa shape index (κ3) is 1.88. The van der Waals surface area contributed by atoms with Gasteiger partial charge in [0.05, 0.1) is 11.9 Å². The summed E-state index contributed by atoms with van der Waals surface area (Å²) in [6, 6.07) is 5.27. The first-order valence-electron chi connectivity index (χ1n) is 7.71. The van der Waals surface area contributed by atoms with Gasteiger partial charge in [0, 0.05) is 24.1 Å². The van der Waals surface area contributed by atoms with E-state index in [0.29, 0.717) is 28.1 Å². The van der Waals surface area contributed by atoms with Crippen LogP contribution in [-0.4, -0.2) is 39.2 Å². The number of hydrogen-bond acceptors (Lipinski definition) is 5. The molecule has 1 aromatic heterocycles. The van der Waals surface area contributed by atoms with Crippen molar-refractivity contribution >= 4 is 35.4 Å². The first-order valence-corrected chi connectivity index (χ1v) is 8.09. The standard InChI is InChI=1S/C16H13ClN6O/c1-21-15-14(23-7-12(19-20-23)9-2-3-9)18-8-22(15)13-5-4-10(17)6-11(13)16(21)24/h4-9H,2-3H2,1H3/q+1. The van der Waals surface area contributed by atoms with E-state index in [1.54, 1.807) is 35.1 Å². The molecular weight excluding hydrogens is 328 g/mol. The van der Waals surface area contributed by atoms with Crippen molar-refractivity contribution in [1.82, 2.24) is 24.8 Å². The molecule has 3 heterocycles. The summed E-state index contributed by atoms with van der Waals surface area (Å²) in [5.41, 5.74) is 2.30. The average molecular weight is 341 g/mol. The van der Waals surface area contributed by atoms with Gasteiger partial charge in [-0.25, -0.2) is 0 Å². The number of benzene rings is 1. The van der Waals surface area contributed by atoms with Crippen LogP contribution in [0.5, 0.6) is 0 Å². The third-order valence-electron chi connectivity index (χ3n) is 4.52. The van der Waals surface area contributed by atoms with Crippen molar-refractivity contribution in [3.05, 3.63) is 46.5 Å². The number of amides is 1. The number of halogens is 1. The number of nitrogens with zero attached hydrogens (tertiary/aromatic N) is 6. The van der Waals surface area contributed by atoms with Gasteiger partial charge in [-0.1, -0.05) is 16.8 Å². The lowest BCUT2D eigenvalue weighted by Gasteiger charge is -2.23. The van der Waals surface area contributed by atoms with Crippen LogP contribution in [-0.2, 0) is 0 Å². The molecule has 1 fully saturated rings. The van der Waals surface area contributed by atoms with Gasteiger partial charge >= 0.3 is 5.82 Å². The maximum Gasteiger partial charge on any atom is 0.318 e. The second kappa shape index (κ2) is 4.75. The summed E-state index contributed by atoms with van der Waals surface area (Å²) in [5.74, 6) is 1.65. The van der Waals surface area contributed by atoms with E-state index >= 15 is 0 Å². The van der Waals surface area contributed by atoms with Crippen LogP contribution in [0.15, 0.2) is 35.2 Å². The lowest BCUT2D eigenvalue weighted by atomic mass is 10.1. The normalized spacial score (nSPS) is 19.9. The highest BCUT2D eigenvalue weighted by atomic mass is 35.5. The summed E-state index contributed by atoms with van der Waals surface area (Å²) < 4.78 is 1.64. The minimum atomic E-state index is -0.121. The zero-order valence-corrected chi connectivity index (χ0v) is 13.6. The maximum absolute atomic E-state index is 12.7. The van der Waals surface area contributed by atoms with E-state index in [1.807, 2.05) is 17.2 Å². The molecule has 119 valence electrons. The molecule has 0 atom stereocenters. The van der Waals surface area contributed by atoms with E-state index in [2.05, 4.69) is 15.3 Å². The Hall–Kier alpha value is -2.51. The predicted octanol–water partition coefficient (Wildman–Crippen LogP) is 2.49. The molecule has 0 N–H and O–H groups in total. The number of fused-ring (bicyclic) bond motifs is 3. The Bertz CT molecular complexity index is 942. The second-order valence-electron chi connectivity index (χ2n) is 6.15. The summed E-state index contributed by atoms with van der Waals surface area (Å²) >= 11 is 6.04. The zero-order chi connectivity index (χ0) is 16.4. The SMILES string of the molecule is CN1C(=O)c2cc(Cl)ccc2[N+]2C=NC(n3cc(C4CC4)nn3)=C12. The Balaban J connectivity index is 1.65. The number of aliphatic imine (C=N–C) groups is 1.